The van der Waals surface area contributed by atoms with E-state index in [1.165, 1.54) is 0 Å². The van der Waals surface area contributed by atoms with E-state index in [9.17, 15) is 14.7 Å². The van der Waals surface area contributed by atoms with E-state index in [0.29, 0.717) is 0 Å². The van der Waals surface area contributed by atoms with E-state index >= 15 is 0 Å². The number of carbonyl (C=O) groups excluding carboxylic acids is 1. The van der Waals surface area contributed by atoms with Crippen molar-refractivity contribution in [3.05, 3.63) is 30.6 Å². The predicted molar refractivity (Wildman–Crippen MR) is 82.4 cm³/mol. The van der Waals surface area contributed by atoms with E-state index in [0.717, 1.165) is 25.7 Å². The molecule has 0 aliphatic heterocycles. The van der Waals surface area contributed by atoms with Crippen molar-refractivity contribution in [2.24, 2.45) is 23.7 Å². The zero-order chi connectivity index (χ0) is 16.0. The molecule has 6 heteroatoms. The predicted octanol–water partition coefficient (Wildman–Crippen LogP) is 1.62. The third kappa shape index (κ3) is 2.36. The van der Waals surface area contributed by atoms with Crippen LogP contribution in [0.25, 0.3) is 0 Å². The number of aliphatic carboxylic acids is 1. The number of hydrogen-bond acceptors (Lipinski definition) is 3. The third-order valence-corrected chi connectivity index (χ3v) is 5.72. The van der Waals surface area contributed by atoms with Gasteiger partial charge in [-0.1, -0.05) is 12.2 Å². The van der Waals surface area contributed by atoms with E-state index < -0.39 is 17.8 Å². The number of allylic oxidation sites excluding steroid dienone is 2. The molecule has 1 aromatic rings. The smallest absolute Gasteiger partial charge is 0.307 e. The molecule has 1 amide bonds. The molecule has 0 radical (unpaired) electrons. The van der Waals surface area contributed by atoms with Crippen molar-refractivity contribution in [3.63, 3.8) is 0 Å². The lowest BCUT2D eigenvalue weighted by molar-refractivity contribution is -0.148. The van der Waals surface area contributed by atoms with Gasteiger partial charge in [-0.3, -0.25) is 14.3 Å². The van der Waals surface area contributed by atoms with Gasteiger partial charge in [0, 0.05) is 12.4 Å². The number of nitrogens with one attached hydrogen (secondary N) is 1. The second kappa shape index (κ2) is 5.51. The molecule has 0 saturated heterocycles. The topological polar surface area (TPSA) is 84.2 Å². The summed E-state index contributed by atoms with van der Waals surface area (Å²) in [6, 6.07) is 2.10. The lowest BCUT2D eigenvalue weighted by Gasteiger charge is -2.28. The van der Waals surface area contributed by atoms with E-state index in [-0.39, 0.29) is 29.8 Å². The molecule has 2 N–H and O–H groups in total. The van der Waals surface area contributed by atoms with Crippen LogP contribution in [0.1, 0.15) is 31.7 Å². The summed E-state index contributed by atoms with van der Waals surface area (Å²) >= 11 is 0. The normalized spacial score (nSPS) is 38.1. The Morgan fingerprint density at radius 1 is 1.17 bits per heavy atom. The van der Waals surface area contributed by atoms with Gasteiger partial charge in [0.05, 0.1) is 23.9 Å². The van der Waals surface area contributed by atoms with Gasteiger partial charge in [-0.05, 0) is 43.6 Å². The van der Waals surface area contributed by atoms with E-state index in [4.69, 9.17) is 0 Å². The summed E-state index contributed by atoms with van der Waals surface area (Å²) in [7, 11) is 0. The molecule has 0 spiro atoms. The molecule has 6 nitrogen and oxygen atoms in total. The highest BCUT2D eigenvalue weighted by molar-refractivity contribution is 5.87. The Morgan fingerprint density at radius 2 is 1.96 bits per heavy atom. The monoisotopic (exact) mass is 315 g/mol. The van der Waals surface area contributed by atoms with Crippen molar-refractivity contribution in [3.8, 4) is 0 Å². The van der Waals surface area contributed by atoms with Crippen LogP contribution in [0.4, 0.5) is 0 Å². The maximum Gasteiger partial charge on any atom is 0.307 e. The van der Waals surface area contributed by atoms with Crippen LogP contribution in [0.15, 0.2) is 30.6 Å². The van der Waals surface area contributed by atoms with Crippen LogP contribution in [-0.2, 0) is 9.59 Å². The molecule has 23 heavy (non-hydrogen) atoms. The fourth-order valence-corrected chi connectivity index (χ4v) is 4.70. The average molecular weight is 315 g/mol. The van der Waals surface area contributed by atoms with Crippen LogP contribution in [0.5, 0.6) is 0 Å². The van der Waals surface area contributed by atoms with Gasteiger partial charge in [0.2, 0.25) is 5.91 Å². The Balaban J connectivity index is 1.49. The van der Waals surface area contributed by atoms with Gasteiger partial charge in [0.15, 0.2) is 0 Å². The Labute approximate surface area is 134 Å². The summed E-state index contributed by atoms with van der Waals surface area (Å²) in [5.74, 6) is -1.87. The minimum absolute atomic E-state index is 0.0127. The number of aromatic nitrogens is 2. The maximum atomic E-state index is 12.8. The highest BCUT2D eigenvalue weighted by Gasteiger charge is 2.52. The molecule has 2 fully saturated rings. The second-order valence-electron chi connectivity index (χ2n) is 6.94. The SMILES string of the molecule is O=C(O)[C@@H]1[C@H](C(=O)N[C@@H]2CCC[C@@H]2n2cccn2)[C@@H]2C=C[C@H]1C2. The lowest BCUT2D eigenvalue weighted by atomic mass is 9.82. The first-order chi connectivity index (χ1) is 11.1. The molecule has 3 aliphatic rings. The van der Waals surface area contributed by atoms with Crippen LogP contribution in [0, 0.1) is 23.7 Å². The standard InChI is InChI=1S/C17H21N3O3/c21-16(14-10-5-6-11(9-10)15(14)17(22)23)19-12-3-1-4-13(12)20-8-2-7-18-20/h2,5-8,10-15H,1,3-4,9H2,(H,19,21)(H,22,23)/t10-,11+,12-,13+,14-,15+/m1/s1. The fraction of sp³-hybridized carbons (Fsp3) is 0.588. The molecular weight excluding hydrogens is 294 g/mol. The molecule has 122 valence electrons. The first kappa shape index (κ1) is 14.5. The van der Waals surface area contributed by atoms with Gasteiger partial charge in [0.1, 0.15) is 0 Å². The van der Waals surface area contributed by atoms with E-state index in [1.54, 1.807) is 6.20 Å². The zero-order valence-corrected chi connectivity index (χ0v) is 12.8. The summed E-state index contributed by atoms with van der Waals surface area (Å²) in [6.45, 7) is 0. The van der Waals surface area contributed by atoms with Crippen molar-refractivity contribution >= 4 is 11.9 Å². The molecule has 1 aromatic heterocycles. The second-order valence-corrected chi connectivity index (χ2v) is 6.94. The van der Waals surface area contributed by atoms with Crippen molar-refractivity contribution in [2.75, 3.05) is 0 Å². The average Bonchev–Trinajstić information content (AvgIpc) is 3.28. The summed E-state index contributed by atoms with van der Waals surface area (Å²) in [4.78, 5) is 24.3. The van der Waals surface area contributed by atoms with Crippen molar-refractivity contribution in [1.82, 2.24) is 15.1 Å². The Morgan fingerprint density at radius 3 is 2.65 bits per heavy atom. The number of rotatable bonds is 4. The minimum atomic E-state index is -0.850. The van der Waals surface area contributed by atoms with Gasteiger partial charge < -0.3 is 10.4 Å². The van der Waals surface area contributed by atoms with Crippen molar-refractivity contribution in [1.29, 1.82) is 0 Å². The highest BCUT2D eigenvalue weighted by atomic mass is 16.4. The first-order valence-corrected chi connectivity index (χ1v) is 8.36. The summed E-state index contributed by atoms with van der Waals surface area (Å²) in [6.07, 6.45) is 11.4. The third-order valence-electron chi connectivity index (χ3n) is 5.72. The van der Waals surface area contributed by atoms with Gasteiger partial charge in [-0.25, -0.2) is 0 Å². The van der Waals surface area contributed by atoms with Crippen LogP contribution in [0.2, 0.25) is 0 Å². The van der Waals surface area contributed by atoms with Gasteiger partial charge in [0.25, 0.3) is 0 Å². The fourth-order valence-electron chi connectivity index (χ4n) is 4.70. The van der Waals surface area contributed by atoms with Gasteiger partial charge in [-0.2, -0.15) is 5.10 Å². The minimum Gasteiger partial charge on any atom is -0.481 e. The van der Waals surface area contributed by atoms with Gasteiger partial charge >= 0.3 is 5.97 Å². The number of fused-ring (bicyclic) bond motifs is 2. The van der Waals surface area contributed by atoms with E-state index in [2.05, 4.69) is 10.4 Å². The number of amides is 1. The summed E-state index contributed by atoms with van der Waals surface area (Å²) in [5, 5.41) is 16.9. The quantitative estimate of drug-likeness (QED) is 0.827. The zero-order valence-electron chi connectivity index (χ0n) is 12.8. The number of hydrogen-bond donors (Lipinski definition) is 2. The first-order valence-electron chi connectivity index (χ1n) is 8.36. The van der Waals surface area contributed by atoms with Crippen LogP contribution in [-0.4, -0.2) is 32.8 Å². The van der Waals surface area contributed by atoms with Crippen molar-refractivity contribution in [2.45, 2.75) is 37.8 Å². The highest BCUT2D eigenvalue weighted by Crippen LogP contribution is 2.48. The Hall–Kier alpha value is -2.11. The molecule has 0 unspecified atom stereocenters. The Bertz CT molecular complexity index is 640. The van der Waals surface area contributed by atoms with E-state index in [1.807, 2.05) is 29.1 Å². The number of carboxylic acid groups (broad SMARTS) is 1. The molecule has 1 heterocycles. The molecular formula is C17H21N3O3. The number of nitrogens with zero attached hydrogens (tertiary/aromatic N) is 2. The molecule has 6 atom stereocenters. The summed E-state index contributed by atoms with van der Waals surface area (Å²) in [5.41, 5.74) is 0. The molecule has 2 saturated carbocycles. The summed E-state index contributed by atoms with van der Waals surface area (Å²) < 4.78 is 1.91. The largest absolute Gasteiger partial charge is 0.481 e. The maximum absolute atomic E-state index is 12.8. The lowest BCUT2D eigenvalue weighted by Crippen LogP contribution is -2.46. The molecule has 2 bridgehead atoms. The van der Waals surface area contributed by atoms with Crippen LogP contribution < -0.4 is 5.32 Å². The molecule has 4 rings (SSSR count). The number of carboxylic acids is 1. The molecule has 3 aliphatic carbocycles. The van der Waals surface area contributed by atoms with Crippen LogP contribution >= 0.6 is 0 Å². The number of carbonyl (C=O) groups is 2. The Kier molecular flexibility index (Phi) is 3.47. The molecule has 0 aromatic carbocycles. The van der Waals surface area contributed by atoms with Gasteiger partial charge in [-0.15, -0.1) is 0 Å². The van der Waals surface area contributed by atoms with Crippen molar-refractivity contribution < 1.29 is 14.7 Å². The van der Waals surface area contributed by atoms with Crippen LogP contribution in [0.3, 0.4) is 0 Å².